The normalized spacial score (nSPS) is 11.8. The molecule has 236 valence electrons. The zero-order valence-electron chi connectivity index (χ0n) is 24.3. The monoisotopic (exact) mass is 719 g/mol. The van der Waals surface area contributed by atoms with Crippen molar-refractivity contribution < 1.29 is 14.4 Å². The quantitative estimate of drug-likeness (QED) is 0.0990. The van der Waals surface area contributed by atoms with Crippen molar-refractivity contribution in [3.63, 3.8) is 0 Å². The van der Waals surface area contributed by atoms with Gasteiger partial charge in [-0.05, 0) is 83.9 Å². The zero-order valence-corrected chi connectivity index (χ0v) is 28.2. The Morgan fingerprint density at radius 2 is 1.30 bits per heavy atom. The van der Waals surface area contributed by atoms with Gasteiger partial charge < -0.3 is 16.0 Å². The van der Waals surface area contributed by atoms with Crippen molar-refractivity contribution in [2.45, 2.75) is 10.1 Å². The predicted octanol–water partition coefficient (Wildman–Crippen LogP) is 10.2. The van der Waals surface area contributed by atoms with E-state index in [1.54, 1.807) is 91.0 Å². The van der Waals surface area contributed by atoms with Crippen molar-refractivity contribution >= 4 is 93.3 Å². The number of thioether (sulfide) groups is 1. The van der Waals surface area contributed by atoms with E-state index >= 15 is 0 Å². The fraction of sp³-hybridized carbons (Fsp3) is 0.0278. The fourth-order valence-corrected chi connectivity index (χ4v) is 6.18. The third-order valence-corrected chi connectivity index (χ3v) is 9.08. The molecule has 3 amide bonds. The first kappa shape index (κ1) is 34.1. The molecule has 5 rings (SSSR count). The number of nitrogens with one attached hydrogen (secondary N) is 3. The van der Waals surface area contributed by atoms with E-state index in [0.717, 1.165) is 10.5 Å². The van der Waals surface area contributed by atoms with Gasteiger partial charge in [-0.25, -0.2) is 0 Å². The van der Waals surface area contributed by atoms with Crippen LogP contribution in [0.1, 0.15) is 26.7 Å². The van der Waals surface area contributed by atoms with E-state index in [1.807, 2.05) is 30.3 Å². The molecule has 0 aromatic heterocycles. The van der Waals surface area contributed by atoms with Gasteiger partial charge in [0.25, 0.3) is 11.8 Å². The first-order chi connectivity index (χ1) is 22.7. The third kappa shape index (κ3) is 9.41. The van der Waals surface area contributed by atoms with Crippen molar-refractivity contribution in [1.82, 2.24) is 5.32 Å². The number of anilines is 2. The average Bonchev–Trinajstić information content (AvgIpc) is 3.07. The Hall–Kier alpha value is -4.24. The summed E-state index contributed by atoms with van der Waals surface area (Å²) < 4.78 is 0. The summed E-state index contributed by atoms with van der Waals surface area (Å²) in [6.07, 6.45) is 1.48. The van der Waals surface area contributed by atoms with Crippen LogP contribution in [-0.2, 0) is 9.59 Å². The first-order valence-corrected chi connectivity index (χ1v) is 16.5. The van der Waals surface area contributed by atoms with E-state index in [2.05, 4.69) is 16.0 Å². The van der Waals surface area contributed by atoms with Crippen LogP contribution in [0, 0.1) is 0 Å². The fourth-order valence-electron chi connectivity index (χ4n) is 4.36. The van der Waals surface area contributed by atoms with Crippen molar-refractivity contribution in [2.75, 3.05) is 10.6 Å². The Bertz CT molecular complexity index is 1940. The maximum absolute atomic E-state index is 13.5. The summed E-state index contributed by atoms with van der Waals surface area (Å²) in [6, 6.07) is 34.6. The molecule has 0 aliphatic heterocycles. The maximum atomic E-state index is 13.5. The van der Waals surface area contributed by atoms with Crippen LogP contribution in [0.2, 0.25) is 20.1 Å². The van der Waals surface area contributed by atoms with Crippen LogP contribution in [0.5, 0.6) is 0 Å². The molecule has 6 nitrogen and oxygen atoms in total. The number of benzene rings is 5. The lowest BCUT2D eigenvalue weighted by atomic mass is 10.1. The Kier molecular flexibility index (Phi) is 11.6. The maximum Gasteiger partial charge on any atom is 0.272 e. The van der Waals surface area contributed by atoms with E-state index < -0.39 is 17.1 Å². The highest BCUT2D eigenvalue weighted by Gasteiger charge is 2.23. The van der Waals surface area contributed by atoms with Crippen LogP contribution in [-0.4, -0.2) is 17.7 Å². The van der Waals surface area contributed by atoms with Gasteiger partial charge in [0, 0.05) is 31.2 Å². The molecule has 0 bridgehead atoms. The Balaban J connectivity index is 1.35. The van der Waals surface area contributed by atoms with E-state index in [9.17, 15) is 14.4 Å². The molecule has 0 aliphatic carbocycles. The van der Waals surface area contributed by atoms with Gasteiger partial charge in [0.15, 0.2) is 0 Å². The molecule has 0 saturated carbocycles. The Morgan fingerprint density at radius 3 is 1.98 bits per heavy atom. The van der Waals surface area contributed by atoms with Crippen molar-refractivity contribution in [3.05, 3.63) is 164 Å². The van der Waals surface area contributed by atoms with E-state index in [0.29, 0.717) is 42.6 Å². The Morgan fingerprint density at radius 1 is 0.660 bits per heavy atom. The molecular weight excluding hydrogens is 696 g/mol. The van der Waals surface area contributed by atoms with Crippen molar-refractivity contribution in [3.8, 4) is 0 Å². The van der Waals surface area contributed by atoms with Gasteiger partial charge in [0.2, 0.25) is 5.91 Å². The van der Waals surface area contributed by atoms with Crippen LogP contribution in [0.3, 0.4) is 0 Å². The van der Waals surface area contributed by atoms with Crippen LogP contribution >= 0.6 is 58.2 Å². The standard InChI is InChI=1S/C36H25Cl4N3O3S/c37-25-12-11-24(30(40)20-25)19-32(43-34(44)23-9-5-2-6-10-23)35(45)41-27-14-16-28(17-15-27)47-33(22-7-3-1-4-8-22)36(46)42-31-21-26(38)13-18-29(31)39/h1-21,33H,(H,41,45)(H,42,46)(H,43,44)/b32-19-. The lowest BCUT2D eigenvalue weighted by Crippen LogP contribution is -2.30. The highest BCUT2D eigenvalue weighted by molar-refractivity contribution is 8.00. The first-order valence-electron chi connectivity index (χ1n) is 14.1. The third-order valence-electron chi connectivity index (χ3n) is 6.68. The number of carbonyl (C=O) groups is 3. The predicted molar refractivity (Wildman–Crippen MR) is 194 cm³/mol. The van der Waals surface area contributed by atoms with E-state index in [1.165, 1.54) is 17.8 Å². The van der Waals surface area contributed by atoms with E-state index in [-0.39, 0.29) is 11.6 Å². The number of hydrogen-bond donors (Lipinski definition) is 3. The molecule has 5 aromatic carbocycles. The minimum Gasteiger partial charge on any atom is -0.323 e. The molecule has 0 heterocycles. The molecule has 0 spiro atoms. The molecule has 0 fully saturated rings. The Labute approximate surface area is 296 Å². The number of halogens is 4. The van der Waals surface area contributed by atoms with Crippen LogP contribution < -0.4 is 16.0 Å². The van der Waals surface area contributed by atoms with Gasteiger partial charge in [-0.1, -0.05) is 101 Å². The minimum atomic E-state index is -0.626. The average molecular weight is 721 g/mol. The largest absolute Gasteiger partial charge is 0.323 e. The van der Waals surface area contributed by atoms with Gasteiger partial charge >= 0.3 is 0 Å². The number of amides is 3. The molecule has 5 aromatic rings. The lowest BCUT2D eigenvalue weighted by Gasteiger charge is -2.18. The van der Waals surface area contributed by atoms with Crippen LogP contribution in [0.15, 0.2) is 132 Å². The lowest BCUT2D eigenvalue weighted by molar-refractivity contribution is -0.116. The number of rotatable bonds is 10. The molecule has 47 heavy (non-hydrogen) atoms. The van der Waals surface area contributed by atoms with Gasteiger partial charge in [-0.2, -0.15) is 0 Å². The molecule has 3 N–H and O–H groups in total. The molecule has 1 atom stereocenters. The molecule has 0 saturated heterocycles. The minimum absolute atomic E-state index is 0.0259. The highest BCUT2D eigenvalue weighted by Crippen LogP contribution is 2.37. The summed E-state index contributed by atoms with van der Waals surface area (Å²) in [4.78, 5) is 40.7. The highest BCUT2D eigenvalue weighted by atomic mass is 35.5. The molecule has 11 heteroatoms. The molecular formula is C36H25Cl4N3O3S. The van der Waals surface area contributed by atoms with Crippen molar-refractivity contribution in [1.29, 1.82) is 0 Å². The topological polar surface area (TPSA) is 87.3 Å². The van der Waals surface area contributed by atoms with Gasteiger partial charge in [-0.3, -0.25) is 14.4 Å². The van der Waals surface area contributed by atoms with Gasteiger partial charge in [0.1, 0.15) is 10.9 Å². The van der Waals surface area contributed by atoms with Crippen LogP contribution in [0.25, 0.3) is 6.08 Å². The van der Waals surface area contributed by atoms with Gasteiger partial charge in [0.05, 0.1) is 10.7 Å². The SMILES string of the molecule is O=C(Nc1ccc(SC(C(=O)Nc2cc(Cl)ccc2Cl)c2ccccc2)cc1)/C(=C/c1ccc(Cl)cc1Cl)NC(=O)c1ccccc1. The number of hydrogen-bond acceptors (Lipinski definition) is 4. The van der Waals surface area contributed by atoms with Gasteiger partial charge in [-0.15, -0.1) is 11.8 Å². The summed E-state index contributed by atoms with van der Waals surface area (Å²) in [5.74, 6) is -1.32. The summed E-state index contributed by atoms with van der Waals surface area (Å²) in [7, 11) is 0. The molecule has 0 aliphatic rings. The van der Waals surface area contributed by atoms with Crippen molar-refractivity contribution in [2.24, 2.45) is 0 Å². The summed E-state index contributed by atoms with van der Waals surface area (Å²) in [5.41, 5.74) is 2.51. The molecule has 0 radical (unpaired) electrons. The second-order valence-electron chi connectivity index (χ2n) is 10.0. The van der Waals surface area contributed by atoms with E-state index in [4.69, 9.17) is 46.4 Å². The second kappa shape index (κ2) is 16.0. The number of carbonyl (C=O) groups excluding carboxylic acids is 3. The van der Waals surface area contributed by atoms with Crippen LogP contribution in [0.4, 0.5) is 11.4 Å². The molecule has 1 unspecified atom stereocenters. The zero-order chi connectivity index (χ0) is 33.3. The summed E-state index contributed by atoms with van der Waals surface area (Å²) >= 11 is 26.2. The smallest absolute Gasteiger partial charge is 0.272 e. The summed E-state index contributed by atoms with van der Waals surface area (Å²) in [5, 5.41) is 9.33. The second-order valence-corrected chi connectivity index (χ2v) is 12.9. The summed E-state index contributed by atoms with van der Waals surface area (Å²) in [6.45, 7) is 0.